The van der Waals surface area contributed by atoms with Gasteiger partial charge in [-0.1, -0.05) is 0 Å². The van der Waals surface area contributed by atoms with Crippen LogP contribution in [0.5, 0.6) is 0 Å². The van der Waals surface area contributed by atoms with Crippen LogP contribution < -0.4 is 9.80 Å². The highest BCUT2D eigenvalue weighted by atomic mass is 19.4. The average Bonchev–Trinajstić information content (AvgIpc) is 2.52. The van der Waals surface area contributed by atoms with Gasteiger partial charge in [0.05, 0.1) is 12.1 Å². The van der Waals surface area contributed by atoms with E-state index >= 15 is 0 Å². The number of hydrogen-bond donors (Lipinski definition) is 0. The number of aromatic nitrogens is 4. The summed E-state index contributed by atoms with van der Waals surface area (Å²) in [5, 5.41) is 0. The first kappa shape index (κ1) is 17.0. The number of hydrogen-bond acceptors (Lipinski definition) is 6. The predicted octanol–water partition coefficient (Wildman–Crippen LogP) is 2.68. The number of fused-ring (bicyclic) bond motifs is 2. The summed E-state index contributed by atoms with van der Waals surface area (Å²) in [5.74, 6) is 1.17. The molecule has 0 saturated carbocycles. The van der Waals surface area contributed by atoms with Gasteiger partial charge in [0.15, 0.2) is 0 Å². The molecule has 0 spiro atoms. The Balaban J connectivity index is 1.57. The molecule has 2 aromatic rings. The van der Waals surface area contributed by atoms with Crippen LogP contribution in [0.2, 0.25) is 0 Å². The fourth-order valence-electron chi connectivity index (χ4n) is 3.83. The Morgan fingerprint density at radius 3 is 2.12 bits per heavy atom. The second-order valence-corrected chi connectivity index (χ2v) is 6.96. The van der Waals surface area contributed by atoms with E-state index in [4.69, 9.17) is 0 Å². The van der Waals surface area contributed by atoms with Crippen molar-refractivity contribution >= 4 is 11.8 Å². The Kier molecular flexibility index (Phi) is 3.78. The van der Waals surface area contributed by atoms with Crippen molar-refractivity contribution < 1.29 is 13.2 Å². The van der Waals surface area contributed by atoms with Crippen molar-refractivity contribution in [1.82, 2.24) is 19.9 Å². The van der Waals surface area contributed by atoms with Crippen LogP contribution in [0.4, 0.5) is 24.9 Å². The lowest BCUT2D eigenvalue weighted by atomic mass is 9.87. The standard InChI is InChI=1S/C17H19F3N6/c1-9-4-10(2)22-16(21-9)25-7-12-5-13(8-25)26(12)15-6-14(17(18,19)20)23-11(3)24-15/h4,6,12-13H,5,7-8H2,1-3H3. The van der Waals surface area contributed by atoms with Crippen LogP contribution in [-0.2, 0) is 6.18 Å². The molecule has 6 nitrogen and oxygen atoms in total. The molecule has 0 radical (unpaired) electrons. The highest BCUT2D eigenvalue weighted by molar-refractivity contribution is 5.51. The van der Waals surface area contributed by atoms with Gasteiger partial charge < -0.3 is 9.80 Å². The van der Waals surface area contributed by atoms with Crippen molar-refractivity contribution in [2.75, 3.05) is 22.9 Å². The van der Waals surface area contributed by atoms with E-state index in [1.165, 1.54) is 6.92 Å². The number of anilines is 2. The molecule has 0 aromatic carbocycles. The first-order valence-corrected chi connectivity index (χ1v) is 8.49. The van der Waals surface area contributed by atoms with E-state index in [0.717, 1.165) is 23.9 Å². The summed E-state index contributed by atoms with van der Waals surface area (Å²) in [7, 11) is 0. The zero-order valence-electron chi connectivity index (χ0n) is 14.7. The molecule has 2 aromatic heterocycles. The highest BCUT2D eigenvalue weighted by Crippen LogP contribution is 2.39. The minimum absolute atomic E-state index is 0.105. The van der Waals surface area contributed by atoms with E-state index in [2.05, 4.69) is 24.8 Å². The maximum absolute atomic E-state index is 13.0. The smallest absolute Gasteiger partial charge is 0.347 e. The summed E-state index contributed by atoms with van der Waals surface area (Å²) in [6.45, 7) is 6.69. The van der Waals surface area contributed by atoms with Crippen molar-refractivity contribution in [2.45, 2.75) is 45.5 Å². The lowest BCUT2D eigenvalue weighted by molar-refractivity contribution is -0.141. The fraction of sp³-hybridized carbons (Fsp3) is 0.529. The first-order chi connectivity index (χ1) is 12.2. The minimum atomic E-state index is -4.47. The van der Waals surface area contributed by atoms with E-state index in [0.29, 0.717) is 24.9 Å². The second-order valence-electron chi connectivity index (χ2n) is 6.96. The normalized spacial score (nSPS) is 22.4. The highest BCUT2D eigenvalue weighted by Gasteiger charge is 2.47. The third-order valence-electron chi connectivity index (χ3n) is 4.83. The number of rotatable bonds is 2. The minimum Gasteiger partial charge on any atom is -0.347 e. The van der Waals surface area contributed by atoms with Crippen LogP contribution >= 0.6 is 0 Å². The van der Waals surface area contributed by atoms with E-state index < -0.39 is 11.9 Å². The van der Waals surface area contributed by atoms with E-state index in [-0.39, 0.29) is 17.9 Å². The van der Waals surface area contributed by atoms with Crippen LogP contribution in [0.15, 0.2) is 12.1 Å². The van der Waals surface area contributed by atoms with Crippen LogP contribution in [0.25, 0.3) is 0 Å². The van der Waals surface area contributed by atoms with Gasteiger partial charge in [-0.05, 0) is 33.3 Å². The summed E-state index contributed by atoms with van der Waals surface area (Å²) in [6, 6.07) is 3.18. The Hall–Kier alpha value is -2.45. The molecule has 3 aliphatic heterocycles. The maximum Gasteiger partial charge on any atom is 0.433 e. The molecule has 26 heavy (non-hydrogen) atoms. The maximum atomic E-state index is 13.0. The summed E-state index contributed by atoms with van der Waals surface area (Å²) in [5.41, 5.74) is 0.925. The number of nitrogens with zero attached hydrogens (tertiary/aromatic N) is 6. The van der Waals surface area contributed by atoms with Crippen molar-refractivity contribution in [3.8, 4) is 0 Å². The van der Waals surface area contributed by atoms with Gasteiger partial charge in [0.1, 0.15) is 17.3 Å². The number of halogens is 3. The molecule has 5 heterocycles. The third-order valence-corrected chi connectivity index (χ3v) is 4.83. The van der Waals surface area contributed by atoms with Gasteiger partial charge in [-0.3, -0.25) is 0 Å². The molecule has 0 aliphatic carbocycles. The number of alkyl halides is 3. The van der Waals surface area contributed by atoms with Crippen LogP contribution in [-0.4, -0.2) is 45.1 Å². The molecule has 5 rings (SSSR count). The van der Waals surface area contributed by atoms with Crippen LogP contribution in [0.3, 0.4) is 0 Å². The molecule has 0 amide bonds. The van der Waals surface area contributed by atoms with Gasteiger partial charge in [-0.2, -0.15) is 13.2 Å². The van der Waals surface area contributed by atoms with Crippen molar-refractivity contribution in [3.05, 3.63) is 35.0 Å². The molecule has 9 heteroatoms. The van der Waals surface area contributed by atoms with E-state index in [9.17, 15) is 13.2 Å². The van der Waals surface area contributed by atoms with Gasteiger partial charge in [-0.25, -0.2) is 19.9 Å². The first-order valence-electron chi connectivity index (χ1n) is 8.49. The number of piperidine rings is 1. The Morgan fingerprint density at radius 2 is 1.54 bits per heavy atom. The third kappa shape index (κ3) is 2.95. The Bertz CT molecular complexity index is 821. The second kappa shape index (κ2) is 5.78. The van der Waals surface area contributed by atoms with E-state index in [1.807, 2.05) is 24.8 Å². The van der Waals surface area contributed by atoms with Gasteiger partial charge >= 0.3 is 6.18 Å². The number of aryl methyl sites for hydroxylation is 3. The lowest BCUT2D eigenvalue weighted by Gasteiger charge is -2.57. The van der Waals surface area contributed by atoms with Crippen LogP contribution in [0, 0.1) is 20.8 Å². The fourth-order valence-corrected chi connectivity index (χ4v) is 3.83. The van der Waals surface area contributed by atoms with Gasteiger partial charge in [0.2, 0.25) is 5.95 Å². The quantitative estimate of drug-likeness (QED) is 0.817. The van der Waals surface area contributed by atoms with Crippen LogP contribution in [0.1, 0.15) is 29.3 Å². The average molecular weight is 364 g/mol. The molecular weight excluding hydrogens is 345 g/mol. The zero-order chi connectivity index (χ0) is 18.6. The predicted molar refractivity (Wildman–Crippen MR) is 90.2 cm³/mol. The summed E-state index contributed by atoms with van der Waals surface area (Å²) < 4.78 is 39.1. The lowest BCUT2D eigenvalue weighted by Crippen LogP contribution is -2.69. The molecule has 3 fully saturated rings. The zero-order valence-corrected chi connectivity index (χ0v) is 14.7. The summed E-state index contributed by atoms with van der Waals surface area (Å²) in [6.07, 6.45) is -3.53. The molecular formula is C17H19F3N6. The van der Waals surface area contributed by atoms with Crippen molar-refractivity contribution in [1.29, 1.82) is 0 Å². The molecule has 2 atom stereocenters. The molecule has 3 saturated heterocycles. The Labute approximate surface area is 149 Å². The molecule has 2 bridgehead atoms. The van der Waals surface area contributed by atoms with Gasteiger partial charge in [0, 0.05) is 30.5 Å². The summed E-state index contributed by atoms with van der Waals surface area (Å²) in [4.78, 5) is 20.8. The monoisotopic (exact) mass is 364 g/mol. The van der Waals surface area contributed by atoms with Crippen molar-refractivity contribution in [2.24, 2.45) is 0 Å². The number of piperazine rings is 1. The molecule has 0 N–H and O–H groups in total. The molecule has 3 aliphatic rings. The van der Waals surface area contributed by atoms with Gasteiger partial charge in [0.25, 0.3) is 0 Å². The van der Waals surface area contributed by atoms with Gasteiger partial charge in [-0.15, -0.1) is 0 Å². The van der Waals surface area contributed by atoms with Crippen molar-refractivity contribution in [3.63, 3.8) is 0 Å². The largest absolute Gasteiger partial charge is 0.433 e. The Morgan fingerprint density at radius 1 is 0.923 bits per heavy atom. The van der Waals surface area contributed by atoms with E-state index in [1.54, 1.807) is 0 Å². The molecule has 138 valence electrons. The summed E-state index contributed by atoms with van der Waals surface area (Å²) >= 11 is 0. The topological polar surface area (TPSA) is 58.0 Å². The SMILES string of the molecule is Cc1cc(C)nc(N2CC3CC(C2)N3c2cc(C(F)(F)F)nc(C)n2)n1. The molecule has 2 unspecified atom stereocenters.